The molecule has 0 saturated heterocycles. The average Bonchev–Trinajstić information content (AvgIpc) is 3.77. The van der Waals surface area contributed by atoms with Crippen molar-refractivity contribution in [2.24, 2.45) is 0 Å². The summed E-state index contributed by atoms with van der Waals surface area (Å²) in [6, 6.07) is 9.63. The van der Waals surface area contributed by atoms with Crippen LogP contribution >= 0.6 is 11.6 Å². The van der Waals surface area contributed by atoms with Crippen LogP contribution in [-0.2, 0) is 23.9 Å². The highest BCUT2D eigenvalue weighted by atomic mass is 35.5. The van der Waals surface area contributed by atoms with Gasteiger partial charge in [0.25, 0.3) is 0 Å². The van der Waals surface area contributed by atoms with Gasteiger partial charge in [0.2, 0.25) is 5.91 Å². The summed E-state index contributed by atoms with van der Waals surface area (Å²) in [5.74, 6) is -0.510. The lowest BCUT2D eigenvalue weighted by Gasteiger charge is -2.22. The molecule has 46 heavy (non-hydrogen) atoms. The first-order valence-corrected chi connectivity index (χ1v) is 15.2. The van der Waals surface area contributed by atoms with Crippen LogP contribution in [0, 0.1) is 0 Å². The number of tetrazole rings is 1. The number of aromatic amines is 1. The summed E-state index contributed by atoms with van der Waals surface area (Å²) in [5, 5.41) is 21.2. The molecule has 0 aliphatic carbocycles. The molecule has 0 radical (unpaired) electrons. The molecule has 0 unspecified atom stereocenters. The Balaban J connectivity index is 1.40. The predicted octanol–water partition coefficient (Wildman–Crippen LogP) is 4.08. The maximum atomic E-state index is 13.2. The number of benzene rings is 2. The molecule has 2 aromatic carbocycles. The lowest BCUT2D eigenvalue weighted by Crippen LogP contribution is -2.32. The van der Waals surface area contributed by atoms with Crippen molar-refractivity contribution in [3.63, 3.8) is 0 Å². The summed E-state index contributed by atoms with van der Waals surface area (Å²) in [6.07, 6.45) is 8.77. The Morgan fingerprint density at radius 3 is 2.78 bits per heavy atom. The van der Waals surface area contributed by atoms with Gasteiger partial charge in [-0.05, 0) is 72.7 Å². The molecule has 2 atom stereocenters. The molecule has 15 heteroatoms. The number of fused-ring (bicyclic) bond motifs is 4. The largest absolute Gasteiger partial charge is 0.468 e. The smallest absolute Gasteiger partial charge is 0.328 e. The number of hydrogen-bond donors (Lipinski definition) is 4. The maximum Gasteiger partial charge on any atom is 0.328 e. The molecule has 2 bridgehead atoms. The zero-order valence-electron chi connectivity index (χ0n) is 25.3. The predicted molar refractivity (Wildman–Crippen MR) is 171 cm³/mol. The number of esters is 2. The van der Waals surface area contributed by atoms with E-state index in [0.29, 0.717) is 64.8 Å². The molecule has 3 heterocycles. The lowest BCUT2D eigenvalue weighted by molar-refractivity contribution is -0.144. The molecular weight excluding hydrogens is 614 g/mol. The van der Waals surface area contributed by atoms with Gasteiger partial charge in [0.1, 0.15) is 24.7 Å². The number of anilines is 2. The van der Waals surface area contributed by atoms with Gasteiger partial charge in [-0.3, -0.25) is 9.59 Å². The zero-order valence-corrected chi connectivity index (χ0v) is 26.1. The number of carbonyl (C=O) groups is 3. The number of hydrogen-bond acceptors (Lipinski definition) is 11. The molecule has 5 rings (SSSR count). The number of amides is 1. The van der Waals surface area contributed by atoms with Gasteiger partial charge in [-0.1, -0.05) is 24.4 Å². The third-order valence-electron chi connectivity index (χ3n) is 7.34. The monoisotopic (exact) mass is 647 g/mol. The molecule has 4 N–H and O–H groups in total. The highest BCUT2D eigenvalue weighted by molar-refractivity contribution is 6.30. The van der Waals surface area contributed by atoms with Crippen molar-refractivity contribution < 1.29 is 23.9 Å². The zero-order chi connectivity index (χ0) is 32.5. The number of carbonyl (C=O) groups excluding carboxylic acids is 3. The van der Waals surface area contributed by atoms with Crippen LogP contribution in [-0.4, -0.2) is 74.3 Å². The Hall–Kier alpha value is -5.24. The van der Waals surface area contributed by atoms with Crippen molar-refractivity contribution in [2.45, 2.75) is 44.7 Å². The van der Waals surface area contributed by atoms with Gasteiger partial charge in [0, 0.05) is 39.8 Å². The average molecular weight is 648 g/mol. The number of aromatic nitrogens is 6. The molecular formula is C31H34ClN9O5. The molecule has 1 aliphatic rings. The van der Waals surface area contributed by atoms with Crippen LogP contribution in [0.5, 0.6) is 0 Å². The van der Waals surface area contributed by atoms with Crippen molar-refractivity contribution >= 4 is 46.9 Å². The molecule has 1 aliphatic heterocycles. The second kappa shape index (κ2) is 15.2. The van der Waals surface area contributed by atoms with E-state index < -0.39 is 18.1 Å². The molecule has 2 aromatic heterocycles. The fourth-order valence-electron chi connectivity index (χ4n) is 5.07. The number of methoxy groups -OCH3 is 1. The molecule has 240 valence electrons. The quantitative estimate of drug-likeness (QED) is 0.152. The second-order valence-corrected chi connectivity index (χ2v) is 10.9. The van der Waals surface area contributed by atoms with Crippen LogP contribution in [0.1, 0.15) is 50.0 Å². The fraction of sp³-hybridized carbons (Fsp3) is 0.323. The minimum absolute atomic E-state index is 0.0186. The van der Waals surface area contributed by atoms with Crippen molar-refractivity contribution in [2.75, 3.05) is 30.9 Å². The van der Waals surface area contributed by atoms with Crippen LogP contribution in [0.2, 0.25) is 5.02 Å². The number of nitrogens with one attached hydrogen (secondary N) is 4. The number of halogens is 1. The van der Waals surface area contributed by atoms with Gasteiger partial charge < -0.3 is 30.4 Å². The van der Waals surface area contributed by atoms with Gasteiger partial charge >= 0.3 is 11.9 Å². The highest BCUT2D eigenvalue weighted by Gasteiger charge is 2.25. The van der Waals surface area contributed by atoms with Gasteiger partial charge in [-0.2, -0.15) is 4.68 Å². The fourth-order valence-corrected chi connectivity index (χ4v) is 5.26. The molecule has 4 aromatic rings. The summed E-state index contributed by atoms with van der Waals surface area (Å²) in [4.78, 5) is 45.9. The summed E-state index contributed by atoms with van der Waals surface area (Å²) in [7, 11) is 1.32. The third-order valence-corrected chi connectivity index (χ3v) is 7.58. The Morgan fingerprint density at radius 1 is 1.15 bits per heavy atom. The van der Waals surface area contributed by atoms with Crippen molar-refractivity contribution in [3.8, 4) is 16.9 Å². The van der Waals surface area contributed by atoms with Gasteiger partial charge in [0.15, 0.2) is 0 Å². The van der Waals surface area contributed by atoms with Crippen molar-refractivity contribution in [3.05, 3.63) is 71.4 Å². The van der Waals surface area contributed by atoms with Gasteiger partial charge in [-0.15, -0.1) is 5.10 Å². The molecule has 1 amide bonds. The summed E-state index contributed by atoms with van der Waals surface area (Å²) in [5.41, 5.74) is 3.94. The van der Waals surface area contributed by atoms with Crippen LogP contribution in [0.3, 0.4) is 0 Å². The van der Waals surface area contributed by atoms with E-state index in [0.717, 1.165) is 5.56 Å². The number of H-pyrrole nitrogens is 1. The molecule has 0 saturated carbocycles. The van der Waals surface area contributed by atoms with E-state index in [1.807, 2.05) is 18.2 Å². The van der Waals surface area contributed by atoms with Crippen LogP contribution in [0.25, 0.3) is 23.0 Å². The van der Waals surface area contributed by atoms with E-state index in [4.69, 9.17) is 26.1 Å². The highest BCUT2D eigenvalue weighted by Crippen LogP contribution is 2.33. The molecule has 0 spiro atoms. The van der Waals surface area contributed by atoms with Gasteiger partial charge in [-0.25, -0.2) is 9.78 Å². The topological polar surface area (TPSA) is 178 Å². The van der Waals surface area contributed by atoms with Crippen molar-refractivity contribution in [1.29, 1.82) is 0 Å². The van der Waals surface area contributed by atoms with E-state index in [2.05, 4.69) is 36.5 Å². The van der Waals surface area contributed by atoms with Gasteiger partial charge in [0.05, 0.1) is 31.1 Å². The number of rotatable bonds is 9. The number of nitrogens with zero attached hydrogens (tertiary/aromatic N) is 5. The number of imidazole rings is 1. The van der Waals surface area contributed by atoms with Crippen LogP contribution in [0.4, 0.5) is 11.4 Å². The summed E-state index contributed by atoms with van der Waals surface area (Å²) in [6.45, 7) is 2.00. The summed E-state index contributed by atoms with van der Waals surface area (Å²) >= 11 is 6.22. The Bertz CT molecular complexity index is 1710. The number of ether oxygens (including phenoxy) is 2. The Morgan fingerprint density at radius 2 is 2.00 bits per heavy atom. The molecule has 0 fully saturated rings. The normalized spacial score (nSPS) is 16.3. The Kier molecular flexibility index (Phi) is 10.6. The first kappa shape index (κ1) is 32.2. The SMILES string of the molecule is CCOC(=O)[C@H]1CCCC[C@H](NC(=O)/C=C/c2cc(Cl)ccc2-n2cnnn2)c2nc(c[nH]2)-c2ccc(NCC(=O)OC)cc2N1. The minimum Gasteiger partial charge on any atom is -0.468 e. The van der Waals surface area contributed by atoms with E-state index in [-0.39, 0.29) is 25.0 Å². The second-order valence-electron chi connectivity index (χ2n) is 10.4. The van der Waals surface area contributed by atoms with E-state index in [1.165, 1.54) is 24.2 Å². The first-order chi connectivity index (χ1) is 22.3. The van der Waals surface area contributed by atoms with E-state index in [1.54, 1.807) is 37.4 Å². The lowest BCUT2D eigenvalue weighted by atomic mass is 10.0. The summed E-state index contributed by atoms with van der Waals surface area (Å²) < 4.78 is 11.6. The first-order valence-electron chi connectivity index (χ1n) is 14.8. The third kappa shape index (κ3) is 8.07. The van der Waals surface area contributed by atoms with Crippen molar-refractivity contribution in [1.82, 2.24) is 35.5 Å². The standard InChI is InChI=1S/C31H34ClN9O5/c1-3-46-31(44)24-7-5-4-6-23(37-28(42)13-8-19-14-20(32)9-12-27(19)41-18-35-39-40-41)30-34-16-26(38-30)22-11-10-21(15-25(22)36-24)33-17-29(43)45-2/h8-16,18,23-24,33,36H,3-7,17H2,1-2H3,(H,34,38)(H,37,42)/b13-8+/t23-,24+/m0/s1. The van der Waals surface area contributed by atoms with Crippen LogP contribution in [0.15, 0.2) is 55.0 Å². The maximum absolute atomic E-state index is 13.2. The Labute approximate surface area is 269 Å². The van der Waals surface area contributed by atoms with E-state index in [9.17, 15) is 14.4 Å². The van der Waals surface area contributed by atoms with E-state index >= 15 is 0 Å². The van der Waals surface area contributed by atoms with Crippen LogP contribution < -0.4 is 16.0 Å². The molecule has 14 nitrogen and oxygen atoms in total. The minimum atomic E-state index is -0.615.